The number of rotatable bonds is 3. The van der Waals surface area contributed by atoms with Gasteiger partial charge in [-0.2, -0.15) is 0 Å². The Labute approximate surface area is 90.4 Å². The van der Waals surface area contributed by atoms with E-state index in [-0.39, 0.29) is 5.56 Å². The molecule has 0 aliphatic rings. The summed E-state index contributed by atoms with van der Waals surface area (Å²) in [4.78, 5) is 10.8. The van der Waals surface area contributed by atoms with E-state index in [9.17, 15) is 4.79 Å². The van der Waals surface area contributed by atoms with Crippen molar-refractivity contribution < 1.29 is 9.90 Å². The molecule has 0 saturated heterocycles. The Kier molecular flexibility index (Phi) is 3.71. The molecule has 0 saturated carbocycles. The summed E-state index contributed by atoms with van der Waals surface area (Å²) < 4.78 is 0. The smallest absolute Gasteiger partial charge is 0.336 e. The Balaban J connectivity index is 3.15. The number of carbonyl (C=O) groups is 1. The maximum atomic E-state index is 10.8. The van der Waals surface area contributed by atoms with Crippen molar-refractivity contribution >= 4 is 33.7 Å². The maximum absolute atomic E-state index is 10.8. The number of hydrogen-bond donors (Lipinski definition) is 2. The lowest BCUT2D eigenvalue weighted by molar-refractivity contribution is 0.0696. The standard InChI is InChI=1S/C10H10BrNO2/c11-5-1-2-7-3-4-8(12)6-9(7)10(13)14/h1-4,6H,5,12H2,(H,13,14). The zero-order chi connectivity index (χ0) is 10.6. The summed E-state index contributed by atoms with van der Waals surface area (Å²) in [6, 6.07) is 4.83. The molecule has 4 heteroatoms. The predicted molar refractivity (Wildman–Crippen MR) is 60.6 cm³/mol. The SMILES string of the molecule is Nc1ccc(C=CCBr)c(C(=O)O)c1. The first-order valence-corrected chi connectivity index (χ1v) is 5.12. The van der Waals surface area contributed by atoms with E-state index in [1.54, 1.807) is 18.2 Å². The molecule has 3 nitrogen and oxygen atoms in total. The number of nitrogen functional groups attached to an aromatic ring is 1. The minimum atomic E-state index is -0.966. The van der Waals surface area contributed by atoms with E-state index in [1.165, 1.54) is 6.07 Å². The monoisotopic (exact) mass is 255 g/mol. The van der Waals surface area contributed by atoms with Crippen LogP contribution in [0.2, 0.25) is 0 Å². The number of carboxylic acids is 1. The van der Waals surface area contributed by atoms with Crippen LogP contribution in [0.15, 0.2) is 24.3 Å². The second-order valence-electron chi connectivity index (χ2n) is 2.71. The number of allylic oxidation sites excluding steroid dienone is 1. The highest BCUT2D eigenvalue weighted by Gasteiger charge is 2.07. The Morgan fingerprint density at radius 3 is 2.86 bits per heavy atom. The van der Waals surface area contributed by atoms with Crippen LogP contribution in [0.1, 0.15) is 15.9 Å². The zero-order valence-electron chi connectivity index (χ0n) is 7.40. The molecule has 1 aromatic carbocycles. The second-order valence-corrected chi connectivity index (χ2v) is 3.36. The van der Waals surface area contributed by atoms with Crippen molar-refractivity contribution in [1.29, 1.82) is 0 Å². The molecule has 0 unspecified atom stereocenters. The van der Waals surface area contributed by atoms with Gasteiger partial charge >= 0.3 is 5.97 Å². The lowest BCUT2D eigenvalue weighted by Gasteiger charge is -2.01. The minimum absolute atomic E-state index is 0.224. The first kappa shape index (κ1) is 10.8. The topological polar surface area (TPSA) is 63.3 Å². The lowest BCUT2D eigenvalue weighted by atomic mass is 10.1. The van der Waals surface area contributed by atoms with Crippen LogP contribution in [-0.2, 0) is 0 Å². The Bertz CT molecular complexity index is 374. The average Bonchev–Trinajstić information content (AvgIpc) is 2.15. The highest BCUT2D eigenvalue weighted by Crippen LogP contribution is 2.15. The van der Waals surface area contributed by atoms with Gasteiger partial charge in [-0.05, 0) is 17.7 Å². The number of nitrogens with two attached hydrogens (primary N) is 1. The molecule has 0 amide bonds. The molecule has 0 fully saturated rings. The van der Waals surface area contributed by atoms with E-state index in [0.29, 0.717) is 16.6 Å². The van der Waals surface area contributed by atoms with Gasteiger partial charge < -0.3 is 10.8 Å². The average molecular weight is 256 g/mol. The maximum Gasteiger partial charge on any atom is 0.336 e. The molecule has 1 rings (SSSR count). The molecule has 0 aromatic heterocycles. The highest BCUT2D eigenvalue weighted by atomic mass is 79.9. The van der Waals surface area contributed by atoms with Gasteiger partial charge in [0.25, 0.3) is 0 Å². The van der Waals surface area contributed by atoms with E-state index in [4.69, 9.17) is 10.8 Å². The first-order chi connectivity index (χ1) is 6.65. The number of halogens is 1. The van der Waals surface area contributed by atoms with Crippen LogP contribution < -0.4 is 5.73 Å². The number of hydrogen-bond acceptors (Lipinski definition) is 2. The third-order valence-corrected chi connectivity index (χ3v) is 2.07. The van der Waals surface area contributed by atoms with Crippen molar-refractivity contribution in [2.24, 2.45) is 0 Å². The molecule has 3 N–H and O–H groups in total. The molecule has 14 heavy (non-hydrogen) atoms. The fourth-order valence-corrected chi connectivity index (χ4v) is 1.26. The Hall–Kier alpha value is -1.29. The van der Waals surface area contributed by atoms with Crippen LogP contribution in [0.25, 0.3) is 6.08 Å². The molecule has 1 aromatic rings. The van der Waals surface area contributed by atoms with Crippen LogP contribution in [-0.4, -0.2) is 16.4 Å². The van der Waals surface area contributed by atoms with Crippen molar-refractivity contribution in [3.63, 3.8) is 0 Å². The number of benzene rings is 1. The van der Waals surface area contributed by atoms with E-state index in [1.807, 2.05) is 6.08 Å². The van der Waals surface area contributed by atoms with Gasteiger partial charge in [-0.3, -0.25) is 0 Å². The second kappa shape index (κ2) is 4.81. The third-order valence-electron chi connectivity index (χ3n) is 1.69. The quantitative estimate of drug-likeness (QED) is 0.644. The Morgan fingerprint density at radius 1 is 1.57 bits per heavy atom. The fourth-order valence-electron chi connectivity index (χ4n) is 1.08. The number of anilines is 1. The van der Waals surface area contributed by atoms with Crippen LogP contribution in [0.4, 0.5) is 5.69 Å². The normalized spacial score (nSPS) is 10.6. The molecule has 74 valence electrons. The fraction of sp³-hybridized carbons (Fsp3) is 0.100. The van der Waals surface area contributed by atoms with Crippen LogP contribution in [0.3, 0.4) is 0 Å². The minimum Gasteiger partial charge on any atom is -0.478 e. The van der Waals surface area contributed by atoms with Gasteiger partial charge in [0.05, 0.1) is 5.56 Å². The summed E-state index contributed by atoms with van der Waals surface area (Å²) in [6.07, 6.45) is 3.58. The van der Waals surface area contributed by atoms with Gasteiger partial charge in [-0.25, -0.2) is 4.79 Å². The summed E-state index contributed by atoms with van der Waals surface area (Å²) in [7, 11) is 0. The molecular formula is C10H10BrNO2. The summed E-state index contributed by atoms with van der Waals surface area (Å²) in [5.74, 6) is -0.966. The van der Waals surface area contributed by atoms with Crippen molar-refractivity contribution in [2.75, 3.05) is 11.1 Å². The molecule has 0 radical (unpaired) electrons. The third kappa shape index (κ3) is 2.60. The van der Waals surface area contributed by atoms with Gasteiger partial charge in [0.15, 0.2) is 0 Å². The predicted octanol–water partition coefficient (Wildman–Crippen LogP) is 2.38. The highest BCUT2D eigenvalue weighted by molar-refractivity contribution is 9.09. The number of aromatic carboxylic acids is 1. The van der Waals surface area contributed by atoms with Crippen molar-refractivity contribution in [1.82, 2.24) is 0 Å². The zero-order valence-corrected chi connectivity index (χ0v) is 8.99. The summed E-state index contributed by atoms with van der Waals surface area (Å²) >= 11 is 3.22. The van der Waals surface area contributed by atoms with Gasteiger partial charge in [0, 0.05) is 11.0 Å². The van der Waals surface area contributed by atoms with Crippen LogP contribution in [0.5, 0.6) is 0 Å². The van der Waals surface area contributed by atoms with Gasteiger partial charge in [0.1, 0.15) is 0 Å². The van der Waals surface area contributed by atoms with E-state index in [0.717, 1.165) is 0 Å². The van der Waals surface area contributed by atoms with Gasteiger partial charge in [-0.15, -0.1) is 0 Å². The summed E-state index contributed by atoms with van der Waals surface area (Å²) in [6.45, 7) is 0. The molecule has 0 aliphatic heterocycles. The summed E-state index contributed by atoms with van der Waals surface area (Å²) in [5, 5.41) is 9.58. The molecule has 0 bridgehead atoms. The number of carboxylic acid groups (broad SMARTS) is 1. The van der Waals surface area contributed by atoms with Crippen LogP contribution in [0, 0.1) is 0 Å². The summed E-state index contributed by atoms with van der Waals surface area (Å²) in [5.41, 5.74) is 6.84. The van der Waals surface area contributed by atoms with Gasteiger partial charge in [-0.1, -0.05) is 34.1 Å². The largest absolute Gasteiger partial charge is 0.478 e. The van der Waals surface area contributed by atoms with Crippen molar-refractivity contribution in [3.8, 4) is 0 Å². The molecule has 0 spiro atoms. The van der Waals surface area contributed by atoms with Crippen molar-refractivity contribution in [2.45, 2.75) is 0 Å². The molecule has 0 aliphatic carbocycles. The van der Waals surface area contributed by atoms with E-state index >= 15 is 0 Å². The molecule has 0 atom stereocenters. The van der Waals surface area contributed by atoms with Crippen LogP contribution >= 0.6 is 15.9 Å². The van der Waals surface area contributed by atoms with E-state index in [2.05, 4.69) is 15.9 Å². The van der Waals surface area contributed by atoms with Gasteiger partial charge in [0.2, 0.25) is 0 Å². The first-order valence-electron chi connectivity index (χ1n) is 4.00. The molecule has 0 heterocycles. The molecular weight excluding hydrogens is 246 g/mol. The lowest BCUT2D eigenvalue weighted by Crippen LogP contribution is -2.00. The number of alkyl halides is 1. The van der Waals surface area contributed by atoms with E-state index < -0.39 is 5.97 Å². The Morgan fingerprint density at radius 2 is 2.29 bits per heavy atom. The van der Waals surface area contributed by atoms with Crippen molar-refractivity contribution in [3.05, 3.63) is 35.4 Å².